The second-order valence-corrected chi connectivity index (χ2v) is 15.9. The van der Waals surface area contributed by atoms with Crippen molar-refractivity contribution in [3.63, 3.8) is 0 Å². The lowest BCUT2D eigenvalue weighted by atomic mass is 9.67. The Morgan fingerprint density at radius 1 is 0.958 bits per heavy atom. The molecular formula is C33H40Cl2F6N2O4S. The molecule has 3 fully saturated rings. The highest BCUT2D eigenvalue weighted by atomic mass is 35.5. The highest BCUT2D eigenvalue weighted by molar-refractivity contribution is 7.84. The SMILES string of the molecule is CN(C[C@@H](CC[N+]12CCC(C3CCCCC3)(CC1)C2)c1ccc(Cl)c(Cl)c1)C(=O)c1cc(C(F)(F)F)cc(C(F)(F)F)c1.CS(=O)(=O)[O-]. The molecule has 2 aromatic carbocycles. The van der Waals surface area contributed by atoms with Crippen molar-refractivity contribution in [3.8, 4) is 0 Å². The number of rotatable bonds is 8. The van der Waals surface area contributed by atoms with Crippen LogP contribution in [0.3, 0.4) is 0 Å². The fourth-order valence-corrected chi connectivity index (χ4v) is 8.27. The highest BCUT2D eigenvalue weighted by Gasteiger charge is 2.58. The van der Waals surface area contributed by atoms with Gasteiger partial charge in [-0.05, 0) is 54.7 Å². The molecule has 5 rings (SSSR count). The molecule has 2 heterocycles. The zero-order chi connectivity index (χ0) is 35.7. The molecule has 48 heavy (non-hydrogen) atoms. The van der Waals surface area contributed by atoms with Gasteiger partial charge in [-0.15, -0.1) is 0 Å². The first kappa shape index (κ1) is 38.7. The second-order valence-electron chi connectivity index (χ2n) is 13.7. The zero-order valence-electron chi connectivity index (χ0n) is 26.8. The molecule has 1 amide bonds. The largest absolute Gasteiger partial charge is 0.748 e. The van der Waals surface area contributed by atoms with Gasteiger partial charge in [0.05, 0.1) is 57.5 Å². The maximum Gasteiger partial charge on any atom is 0.416 e. The van der Waals surface area contributed by atoms with Gasteiger partial charge in [-0.25, -0.2) is 8.42 Å². The van der Waals surface area contributed by atoms with Crippen molar-refractivity contribution in [2.75, 3.05) is 46.0 Å². The Hall–Kier alpha value is -2.06. The van der Waals surface area contributed by atoms with Crippen LogP contribution in [-0.2, 0) is 22.5 Å². The van der Waals surface area contributed by atoms with Crippen LogP contribution in [0.5, 0.6) is 0 Å². The summed E-state index contributed by atoms with van der Waals surface area (Å²) >= 11 is 12.5. The van der Waals surface area contributed by atoms with Gasteiger partial charge < -0.3 is 13.9 Å². The fraction of sp³-hybridized carbons (Fsp3) is 0.606. The van der Waals surface area contributed by atoms with E-state index in [-0.39, 0.29) is 18.5 Å². The van der Waals surface area contributed by atoms with E-state index in [1.807, 2.05) is 6.07 Å². The normalized spacial score (nSPS) is 23.8. The average Bonchev–Trinajstić information content (AvgIpc) is 3.57. The summed E-state index contributed by atoms with van der Waals surface area (Å²) in [5.41, 5.74) is -2.45. The molecule has 268 valence electrons. The standard InChI is InChI=1S/C32H37Cl2F6N2O.CH4O3S/c1-41(29(43)23-15-25(31(35,36)37)18-26(16-23)32(38,39)40)19-22(21-7-8-27(33)28(34)17-21)9-12-42-13-10-30(20-42,11-14-42)24-5-3-2-4-6-24;1-5(2,3)4/h7-8,15-18,22,24H,2-6,9-14,19-20H2,1H3;1H3,(H,2,3,4)/q+1;/p-1/t22-,30?,42?;/m1./s1. The van der Waals surface area contributed by atoms with Gasteiger partial charge >= 0.3 is 12.4 Å². The number of likely N-dealkylation sites (N-methyl/N-ethyl adjacent to an activating group) is 1. The number of quaternary nitrogens is 1. The lowest BCUT2D eigenvalue weighted by Gasteiger charge is -2.35. The minimum Gasteiger partial charge on any atom is -0.748 e. The van der Waals surface area contributed by atoms with Gasteiger partial charge in [0.2, 0.25) is 0 Å². The lowest BCUT2D eigenvalue weighted by Crippen LogP contribution is -2.45. The number of hydrogen-bond acceptors (Lipinski definition) is 4. The molecule has 1 atom stereocenters. The Balaban J connectivity index is 0.000000968. The van der Waals surface area contributed by atoms with E-state index in [9.17, 15) is 31.1 Å². The monoisotopic (exact) mass is 744 g/mol. The van der Waals surface area contributed by atoms with Gasteiger partial charge in [0, 0.05) is 56.0 Å². The van der Waals surface area contributed by atoms with Gasteiger partial charge in [0.25, 0.3) is 5.91 Å². The first-order valence-electron chi connectivity index (χ1n) is 15.9. The summed E-state index contributed by atoms with van der Waals surface area (Å²) in [5, 5.41) is 0.715. The molecule has 0 radical (unpaired) electrons. The average molecular weight is 746 g/mol. The molecule has 0 aromatic heterocycles. The van der Waals surface area contributed by atoms with Crippen LogP contribution in [0, 0.1) is 11.3 Å². The number of fused-ring (bicyclic) bond motifs is 2. The number of hydrogen-bond donors (Lipinski definition) is 0. The zero-order valence-corrected chi connectivity index (χ0v) is 29.1. The van der Waals surface area contributed by atoms with E-state index in [0.29, 0.717) is 40.3 Å². The number of piperidine rings is 1. The van der Waals surface area contributed by atoms with Gasteiger partial charge in [-0.2, -0.15) is 26.3 Å². The molecule has 3 aliphatic rings. The smallest absolute Gasteiger partial charge is 0.416 e. The Morgan fingerprint density at radius 2 is 1.50 bits per heavy atom. The molecule has 2 saturated heterocycles. The van der Waals surface area contributed by atoms with Gasteiger partial charge in [-0.3, -0.25) is 4.79 Å². The van der Waals surface area contributed by atoms with Crippen LogP contribution in [0.15, 0.2) is 36.4 Å². The van der Waals surface area contributed by atoms with E-state index in [2.05, 4.69) is 0 Å². The third-order valence-electron chi connectivity index (χ3n) is 10.3. The van der Waals surface area contributed by atoms with E-state index in [4.69, 9.17) is 36.2 Å². The molecular weight excluding hydrogens is 705 g/mol. The van der Waals surface area contributed by atoms with Crippen LogP contribution in [0.25, 0.3) is 0 Å². The number of carbonyl (C=O) groups excluding carboxylic acids is 1. The van der Waals surface area contributed by atoms with Gasteiger partial charge in [0.15, 0.2) is 0 Å². The van der Waals surface area contributed by atoms with E-state index in [1.165, 1.54) is 56.9 Å². The van der Waals surface area contributed by atoms with Crippen molar-refractivity contribution in [2.24, 2.45) is 11.3 Å². The summed E-state index contributed by atoms with van der Waals surface area (Å²) in [6, 6.07) is 6.23. The first-order valence-corrected chi connectivity index (χ1v) is 18.4. The number of halogens is 8. The minimum absolute atomic E-state index is 0.0308. The van der Waals surface area contributed by atoms with Crippen molar-refractivity contribution in [1.82, 2.24) is 4.90 Å². The van der Waals surface area contributed by atoms with Gasteiger partial charge in [0.1, 0.15) is 0 Å². The number of carbonyl (C=O) groups is 1. The Morgan fingerprint density at radius 3 is 2.00 bits per heavy atom. The van der Waals surface area contributed by atoms with Crippen molar-refractivity contribution in [2.45, 2.75) is 69.6 Å². The third kappa shape index (κ3) is 9.80. The number of nitrogens with zero attached hydrogens (tertiary/aromatic N) is 2. The molecule has 2 bridgehead atoms. The summed E-state index contributed by atoms with van der Waals surface area (Å²) < 4.78 is 109. The van der Waals surface area contributed by atoms with Gasteiger partial charge in [-0.1, -0.05) is 48.5 Å². The maximum atomic E-state index is 13.5. The third-order valence-corrected chi connectivity index (χ3v) is 11.1. The van der Waals surface area contributed by atoms with Crippen LogP contribution in [-0.4, -0.2) is 74.3 Å². The molecule has 1 saturated carbocycles. The Kier molecular flexibility index (Phi) is 11.8. The molecule has 6 nitrogen and oxygen atoms in total. The molecule has 15 heteroatoms. The predicted octanol–water partition coefficient (Wildman–Crippen LogP) is 8.63. The summed E-state index contributed by atoms with van der Waals surface area (Å²) in [6.07, 6.45) is 0.227. The second kappa shape index (κ2) is 14.7. The van der Waals surface area contributed by atoms with Crippen molar-refractivity contribution < 1.29 is 48.6 Å². The first-order chi connectivity index (χ1) is 22.1. The highest BCUT2D eigenvalue weighted by Crippen LogP contribution is 2.54. The summed E-state index contributed by atoms with van der Waals surface area (Å²) in [7, 11) is -2.51. The Labute approximate surface area is 287 Å². The van der Waals surface area contributed by atoms with Crippen LogP contribution < -0.4 is 0 Å². The Bertz CT molecular complexity index is 1530. The van der Waals surface area contributed by atoms with Crippen LogP contribution in [0.4, 0.5) is 26.3 Å². The molecule has 0 unspecified atom stereocenters. The summed E-state index contributed by atoms with van der Waals surface area (Å²) in [4.78, 5) is 14.5. The fourth-order valence-electron chi connectivity index (χ4n) is 7.97. The number of benzene rings is 2. The lowest BCUT2D eigenvalue weighted by molar-refractivity contribution is -0.909. The van der Waals surface area contributed by atoms with Crippen LogP contribution >= 0.6 is 23.2 Å². The number of alkyl halides is 6. The molecule has 0 spiro atoms. The van der Waals surface area contributed by atoms with Crippen LogP contribution in [0.1, 0.15) is 84.3 Å². The van der Waals surface area contributed by atoms with E-state index in [0.717, 1.165) is 42.1 Å². The topological polar surface area (TPSA) is 77.5 Å². The molecule has 2 aromatic rings. The predicted molar refractivity (Wildman–Crippen MR) is 171 cm³/mol. The van der Waals surface area contributed by atoms with Crippen molar-refractivity contribution >= 4 is 39.2 Å². The number of amides is 1. The maximum absolute atomic E-state index is 13.5. The van der Waals surface area contributed by atoms with E-state index >= 15 is 0 Å². The molecule has 1 aliphatic carbocycles. The molecule has 2 aliphatic heterocycles. The summed E-state index contributed by atoms with van der Waals surface area (Å²) in [6.45, 7) is 4.37. The molecule has 0 N–H and O–H groups in total. The van der Waals surface area contributed by atoms with Crippen LogP contribution in [0.2, 0.25) is 10.0 Å². The van der Waals surface area contributed by atoms with Crippen molar-refractivity contribution in [3.05, 3.63) is 68.7 Å². The quantitative estimate of drug-likeness (QED) is 0.154. The summed E-state index contributed by atoms with van der Waals surface area (Å²) in [5.74, 6) is -0.367. The van der Waals surface area contributed by atoms with Crippen molar-refractivity contribution in [1.29, 1.82) is 0 Å². The van der Waals surface area contributed by atoms with E-state index in [1.54, 1.807) is 12.1 Å². The minimum atomic E-state index is -5.04. The van der Waals surface area contributed by atoms with E-state index < -0.39 is 45.1 Å².